The Morgan fingerprint density at radius 3 is 2.32 bits per heavy atom. The monoisotopic (exact) mass is 534 g/mol. The zero-order chi connectivity index (χ0) is 26.0. The Kier molecular flexibility index (Phi) is 9.13. The van der Waals surface area contributed by atoms with Crippen LogP contribution in [-0.2, 0) is 9.59 Å². The van der Waals surface area contributed by atoms with E-state index in [9.17, 15) is 9.59 Å². The molecule has 0 unspecified atom stereocenters. The summed E-state index contributed by atoms with van der Waals surface area (Å²) in [6.45, 7) is 2.29. The summed E-state index contributed by atoms with van der Waals surface area (Å²) >= 11 is 11.6. The highest BCUT2D eigenvalue weighted by atomic mass is 35.5. The van der Waals surface area contributed by atoms with Crippen molar-refractivity contribution in [3.63, 3.8) is 0 Å². The number of nitrogens with one attached hydrogen (secondary N) is 2. The summed E-state index contributed by atoms with van der Waals surface area (Å²) in [4.78, 5) is 28.9. The van der Waals surface area contributed by atoms with Crippen LogP contribution in [0.1, 0.15) is 5.56 Å². The van der Waals surface area contributed by atoms with Gasteiger partial charge in [-0.1, -0.05) is 60.1 Å². The molecule has 2 amide bonds. The highest BCUT2D eigenvalue weighted by molar-refractivity contribution is 7.80. The first-order valence-electron chi connectivity index (χ1n) is 11.8. The topological polar surface area (TPSA) is 73.9 Å². The Morgan fingerprint density at radius 1 is 0.946 bits per heavy atom. The normalized spacial score (nSPS) is 13.3. The Morgan fingerprint density at radius 2 is 1.62 bits per heavy atom. The first-order valence-corrected chi connectivity index (χ1v) is 12.6. The fourth-order valence-corrected chi connectivity index (χ4v) is 4.27. The summed E-state index contributed by atoms with van der Waals surface area (Å²) in [6.07, 6.45) is 3.44. The van der Waals surface area contributed by atoms with Gasteiger partial charge in [-0.2, -0.15) is 0 Å². The number of hydrogen-bond donors (Lipinski definition) is 2. The van der Waals surface area contributed by atoms with E-state index >= 15 is 0 Å². The number of anilines is 2. The number of hydrogen-bond acceptors (Lipinski definition) is 5. The number of carbonyl (C=O) groups excluding carboxylic acids is 2. The molecule has 9 heteroatoms. The Labute approximate surface area is 226 Å². The summed E-state index contributed by atoms with van der Waals surface area (Å²) in [5, 5.41) is 6.39. The van der Waals surface area contributed by atoms with Crippen molar-refractivity contribution in [1.29, 1.82) is 0 Å². The van der Waals surface area contributed by atoms with E-state index in [1.165, 1.54) is 0 Å². The molecule has 0 aromatic heterocycles. The van der Waals surface area contributed by atoms with Crippen LogP contribution in [0.25, 0.3) is 6.08 Å². The number of thiocarbonyl (C=S) groups is 1. The smallest absolute Gasteiger partial charge is 0.264 e. The van der Waals surface area contributed by atoms with Gasteiger partial charge in [0.25, 0.3) is 5.91 Å². The second-order valence-electron chi connectivity index (χ2n) is 8.32. The number of ether oxygens (including phenoxy) is 1. The lowest BCUT2D eigenvalue weighted by Gasteiger charge is -2.36. The Bertz CT molecular complexity index is 1260. The van der Waals surface area contributed by atoms with Crippen LogP contribution >= 0.6 is 23.8 Å². The second kappa shape index (κ2) is 12.9. The highest BCUT2D eigenvalue weighted by Gasteiger charge is 2.22. The minimum atomic E-state index is -0.374. The van der Waals surface area contributed by atoms with Gasteiger partial charge < -0.3 is 19.9 Å². The first kappa shape index (κ1) is 26.2. The minimum absolute atomic E-state index is 0.0143. The van der Waals surface area contributed by atoms with Gasteiger partial charge in [-0.3, -0.25) is 14.9 Å². The van der Waals surface area contributed by atoms with E-state index in [-0.39, 0.29) is 23.5 Å². The van der Waals surface area contributed by atoms with Crippen molar-refractivity contribution in [2.24, 2.45) is 0 Å². The molecule has 0 saturated carbocycles. The lowest BCUT2D eigenvalue weighted by Crippen LogP contribution is -2.48. The molecule has 1 fully saturated rings. The van der Waals surface area contributed by atoms with Crippen LogP contribution in [0.5, 0.6) is 5.75 Å². The third-order valence-electron chi connectivity index (χ3n) is 5.72. The third kappa shape index (κ3) is 7.80. The number of amides is 2. The molecule has 0 atom stereocenters. The number of carbonyl (C=O) groups is 2. The summed E-state index contributed by atoms with van der Waals surface area (Å²) < 4.78 is 5.46. The molecule has 4 rings (SSSR count). The van der Waals surface area contributed by atoms with E-state index in [0.717, 1.165) is 11.3 Å². The molecule has 3 aromatic rings. The number of rotatable bonds is 7. The van der Waals surface area contributed by atoms with Gasteiger partial charge in [-0.15, -0.1) is 0 Å². The molecule has 1 heterocycles. The molecule has 0 spiro atoms. The van der Waals surface area contributed by atoms with Crippen LogP contribution in [0.4, 0.5) is 11.4 Å². The maximum Gasteiger partial charge on any atom is 0.264 e. The van der Waals surface area contributed by atoms with Gasteiger partial charge in [0.15, 0.2) is 11.7 Å². The first-order chi connectivity index (χ1) is 18.0. The molecule has 190 valence electrons. The number of halogens is 1. The van der Waals surface area contributed by atoms with Crippen LogP contribution < -0.4 is 20.3 Å². The SMILES string of the molecule is O=C(COc1ccccc1)NC(=S)Nc1cc(Cl)ccc1N1CCN(C(=O)/C=C/c2ccccc2)CC1. The van der Waals surface area contributed by atoms with E-state index in [0.29, 0.717) is 42.6 Å². The summed E-state index contributed by atoms with van der Waals surface area (Å²) in [5.74, 6) is 0.210. The molecule has 0 radical (unpaired) electrons. The largest absolute Gasteiger partial charge is 0.484 e. The predicted octanol–water partition coefficient (Wildman–Crippen LogP) is 4.59. The fourth-order valence-electron chi connectivity index (χ4n) is 3.87. The number of para-hydroxylation sites is 1. The molecule has 1 saturated heterocycles. The number of nitrogens with zero attached hydrogens (tertiary/aromatic N) is 2. The number of benzene rings is 3. The van der Waals surface area contributed by atoms with Crippen LogP contribution in [0.15, 0.2) is 84.9 Å². The molecule has 1 aliphatic heterocycles. The Hall–Kier alpha value is -3.88. The van der Waals surface area contributed by atoms with Crippen LogP contribution in [-0.4, -0.2) is 54.6 Å². The van der Waals surface area contributed by atoms with Gasteiger partial charge in [0.1, 0.15) is 5.75 Å². The van der Waals surface area contributed by atoms with Crippen LogP contribution in [0.2, 0.25) is 5.02 Å². The molecular weight excluding hydrogens is 508 g/mol. The van der Waals surface area contributed by atoms with Gasteiger partial charge >= 0.3 is 0 Å². The van der Waals surface area contributed by atoms with Gasteiger partial charge in [-0.25, -0.2) is 0 Å². The summed E-state index contributed by atoms with van der Waals surface area (Å²) in [6, 6.07) is 24.3. The van der Waals surface area contributed by atoms with E-state index in [2.05, 4.69) is 15.5 Å². The van der Waals surface area contributed by atoms with Crippen molar-refractivity contribution in [3.05, 3.63) is 95.5 Å². The molecular formula is C28H27ClN4O3S. The van der Waals surface area contributed by atoms with E-state index in [1.54, 1.807) is 30.3 Å². The Balaban J connectivity index is 1.31. The zero-order valence-electron chi connectivity index (χ0n) is 20.1. The van der Waals surface area contributed by atoms with E-state index in [1.807, 2.05) is 65.6 Å². The molecule has 0 aliphatic carbocycles. The maximum atomic E-state index is 12.6. The maximum absolute atomic E-state index is 12.6. The van der Waals surface area contributed by atoms with Crippen molar-refractivity contribution in [3.8, 4) is 5.75 Å². The quantitative estimate of drug-likeness (QED) is 0.341. The van der Waals surface area contributed by atoms with Gasteiger partial charge in [0, 0.05) is 37.3 Å². The van der Waals surface area contributed by atoms with Gasteiger partial charge in [0.2, 0.25) is 5.91 Å². The van der Waals surface area contributed by atoms with Crippen molar-refractivity contribution in [2.45, 2.75) is 0 Å². The van der Waals surface area contributed by atoms with Crippen molar-refractivity contribution in [2.75, 3.05) is 43.0 Å². The molecule has 7 nitrogen and oxygen atoms in total. The van der Waals surface area contributed by atoms with Crippen LogP contribution in [0, 0.1) is 0 Å². The van der Waals surface area contributed by atoms with E-state index in [4.69, 9.17) is 28.6 Å². The van der Waals surface area contributed by atoms with Crippen LogP contribution in [0.3, 0.4) is 0 Å². The highest BCUT2D eigenvalue weighted by Crippen LogP contribution is 2.30. The fraction of sp³-hybridized carbons (Fsp3) is 0.179. The molecule has 2 N–H and O–H groups in total. The van der Waals surface area contributed by atoms with Crippen molar-refractivity contribution >= 4 is 58.2 Å². The average molecular weight is 535 g/mol. The van der Waals surface area contributed by atoms with Gasteiger partial charge in [-0.05, 0) is 54.2 Å². The molecule has 0 bridgehead atoms. The number of piperazine rings is 1. The zero-order valence-corrected chi connectivity index (χ0v) is 21.7. The van der Waals surface area contributed by atoms with Crippen molar-refractivity contribution < 1.29 is 14.3 Å². The molecule has 1 aliphatic rings. The van der Waals surface area contributed by atoms with E-state index < -0.39 is 0 Å². The summed E-state index contributed by atoms with van der Waals surface area (Å²) in [5.41, 5.74) is 2.54. The lowest BCUT2D eigenvalue weighted by molar-refractivity contribution is -0.126. The minimum Gasteiger partial charge on any atom is -0.484 e. The third-order valence-corrected chi connectivity index (χ3v) is 6.16. The predicted molar refractivity (Wildman–Crippen MR) is 152 cm³/mol. The molecule has 3 aromatic carbocycles. The van der Waals surface area contributed by atoms with Crippen molar-refractivity contribution in [1.82, 2.24) is 10.2 Å². The van der Waals surface area contributed by atoms with Gasteiger partial charge in [0.05, 0.1) is 11.4 Å². The average Bonchev–Trinajstić information content (AvgIpc) is 2.92. The lowest BCUT2D eigenvalue weighted by atomic mass is 10.2. The summed E-state index contributed by atoms with van der Waals surface area (Å²) in [7, 11) is 0. The second-order valence-corrected chi connectivity index (χ2v) is 9.17. The standard InChI is InChI=1S/C28H27ClN4O3S/c29-22-12-13-25(24(19-22)30-28(37)31-26(34)20-36-23-9-5-2-6-10-23)32-15-17-33(18-16-32)27(35)14-11-21-7-3-1-4-8-21/h1-14,19H,15-18,20H2,(H2,30,31,34,37)/b14-11+. The molecule has 37 heavy (non-hydrogen) atoms.